The fourth-order valence-electron chi connectivity index (χ4n) is 1.83. The zero-order valence-corrected chi connectivity index (χ0v) is 12.6. The van der Waals surface area contributed by atoms with Gasteiger partial charge in [-0.1, -0.05) is 19.1 Å². The highest BCUT2D eigenvalue weighted by Crippen LogP contribution is 2.24. The van der Waals surface area contributed by atoms with Crippen molar-refractivity contribution >= 4 is 11.6 Å². The van der Waals surface area contributed by atoms with Crippen LogP contribution in [0.5, 0.6) is 11.5 Å². The van der Waals surface area contributed by atoms with Crippen LogP contribution in [0.1, 0.15) is 13.3 Å². The number of benzene rings is 2. The summed E-state index contributed by atoms with van der Waals surface area (Å²) in [6.45, 7) is 2.11. The number of hydrogen-bond acceptors (Lipinski definition) is 3. The summed E-state index contributed by atoms with van der Waals surface area (Å²) in [5.41, 5.74) is 0.508. The number of hydrogen-bond donors (Lipinski definition) is 1. The molecule has 0 spiro atoms. The van der Waals surface area contributed by atoms with Crippen molar-refractivity contribution in [3.05, 3.63) is 54.1 Å². The summed E-state index contributed by atoms with van der Waals surface area (Å²) in [5.74, 6) is -1.67. The van der Waals surface area contributed by atoms with Crippen molar-refractivity contribution < 1.29 is 23.0 Å². The molecule has 2 aromatic rings. The van der Waals surface area contributed by atoms with E-state index in [0.717, 1.165) is 18.6 Å². The molecule has 0 aliphatic carbocycles. The van der Waals surface area contributed by atoms with Gasteiger partial charge in [0.05, 0.1) is 12.3 Å². The molecular weight excluding hydrogens is 304 g/mol. The Labute approximate surface area is 133 Å². The number of ether oxygens (including phenoxy) is 2. The molecule has 0 saturated heterocycles. The smallest absolute Gasteiger partial charge is 0.262 e. The van der Waals surface area contributed by atoms with E-state index in [1.807, 2.05) is 6.92 Å². The number of anilines is 1. The predicted octanol–water partition coefficient (Wildman–Crippen LogP) is 3.77. The number of halogens is 2. The zero-order valence-electron chi connectivity index (χ0n) is 12.6. The lowest BCUT2D eigenvalue weighted by Crippen LogP contribution is -2.21. The molecule has 0 atom stereocenters. The highest BCUT2D eigenvalue weighted by Gasteiger charge is 2.10. The molecule has 2 rings (SSSR count). The SMILES string of the molecule is CCCOc1ccccc1NC(=O)COc1ccc(F)cc1F. The van der Waals surface area contributed by atoms with Gasteiger partial charge >= 0.3 is 0 Å². The minimum Gasteiger partial charge on any atom is -0.491 e. The van der Waals surface area contributed by atoms with Gasteiger partial charge in [-0.15, -0.1) is 0 Å². The Morgan fingerprint density at radius 2 is 1.87 bits per heavy atom. The van der Waals surface area contributed by atoms with Crippen molar-refractivity contribution in [3.63, 3.8) is 0 Å². The maximum atomic E-state index is 13.4. The Hall–Kier alpha value is -2.63. The fourth-order valence-corrected chi connectivity index (χ4v) is 1.83. The van der Waals surface area contributed by atoms with Gasteiger partial charge in [0.25, 0.3) is 5.91 Å². The molecule has 122 valence electrons. The molecule has 4 nitrogen and oxygen atoms in total. The van der Waals surface area contributed by atoms with E-state index in [1.165, 1.54) is 0 Å². The molecule has 0 radical (unpaired) electrons. The summed E-state index contributed by atoms with van der Waals surface area (Å²) >= 11 is 0. The lowest BCUT2D eigenvalue weighted by atomic mass is 10.3. The van der Waals surface area contributed by atoms with Crippen LogP contribution >= 0.6 is 0 Å². The van der Waals surface area contributed by atoms with E-state index in [2.05, 4.69) is 5.32 Å². The van der Waals surface area contributed by atoms with Crippen LogP contribution in [0.2, 0.25) is 0 Å². The van der Waals surface area contributed by atoms with Gasteiger partial charge in [0.15, 0.2) is 18.2 Å². The third-order valence-corrected chi connectivity index (χ3v) is 2.88. The van der Waals surface area contributed by atoms with Crippen LogP contribution in [0.15, 0.2) is 42.5 Å². The van der Waals surface area contributed by atoms with Gasteiger partial charge in [-0.05, 0) is 30.7 Å². The van der Waals surface area contributed by atoms with E-state index in [4.69, 9.17) is 9.47 Å². The Kier molecular flexibility index (Phi) is 5.91. The average molecular weight is 321 g/mol. The van der Waals surface area contributed by atoms with Crippen molar-refractivity contribution in [1.82, 2.24) is 0 Å². The predicted molar refractivity (Wildman–Crippen MR) is 82.7 cm³/mol. The number of rotatable bonds is 7. The average Bonchev–Trinajstić information content (AvgIpc) is 2.53. The van der Waals surface area contributed by atoms with Crippen molar-refractivity contribution in [2.24, 2.45) is 0 Å². The van der Waals surface area contributed by atoms with Crippen LogP contribution in [0.4, 0.5) is 14.5 Å². The Bertz CT molecular complexity index is 677. The lowest BCUT2D eigenvalue weighted by molar-refractivity contribution is -0.118. The van der Waals surface area contributed by atoms with Gasteiger partial charge in [-0.3, -0.25) is 4.79 Å². The molecule has 0 aromatic heterocycles. The zero-order chi connectivity index (χ0) is 16.7. The second kappa shape index (κ2) is 8.12. The van der Waals surface area contributed by atoms with Crippen LogP contribution in [0.3, 0.4) is 0 Å². The van der Waals surface area contributed by atoms with Gasteiger partial charge in [0, 0.05) is 6.07 Å². The minimum absolute atomic E-state index is 0.183. The van der Waals surface area contributed by atoms with Crippen molar-refractivity contribution in [3.8, 4) is 11.5 Å². The molecule has 0 bridgehead atoms. The largest absolute Gasteiger partial charge is 0.491 e. The van der Waals surface area contributed by atoms with Gasteiger partial charge in [-0.25, -0.2) is 8.78 Å². The maximum absolute atomic E-state index is 13.4. The van der Waals surface area contributed by atoms with E-state index in [9.17, 15) is 13.6 Å². The van der Waals surface area contributed by atoms with Crippen LogP contribution in [-0.4, -0.2) is 19.1 Å². The lowest BCUT2D eigenvalue weighted by Gasteiger charge is -2.12. The Morgan fingerprint density at radius 1 is 1.09 bits per heavy atom. The number of carbonyl (C=O) groups is 1. The molecule has 1 N–H and O–H groups in total. The summed E-state index contributed by atoms with van der Waals surface area (Å²) in [5, 5.41) is 2.64. The van der Waals surface area contributed by atoms with E-state index < -0.39 is 24.1 Å². The monoisotopic (exact) mass is 321 g/mol. The summed E-state index contributed by atoms with van der Waals surface area (Å²) in [6, 6.07) is 9.88. The third-order valence-electron chi connectivity index (χ3n) is 2.88. The van der Waals surface area contributed by atoms with Crippen molar-refractivity contribution in [2.45, 2.75) is 13.3 Å². The highest BCUT2D eigenvalue weighted by molar-refractivity contribution is 5.93. The summed E-state index contributed by atoms with van der Waals surface area (Å²) in [4.78, 5) is 11.9. The number of para-hydroxylation sites is 2. The molecule has 23 heavy (non-hydrogen) atoms. The van der Waals surface area contributed by atoms with Crippen LogP contribution < -0.4 is 14.8 Å². The summed E-state index contributed by atoms with van der Waals surface area (Å²) in [6.07, 6.45) is 0.842. The standard InChI is InChI=1S/C17H17F2NO3/c1-2-9-22-16-6-4-3-5-14(16)20-17(21)11-23-15-8-7-12(18)10-13(15)19/h3-8,10H,2,9,11H2,1H3,(H,20,21). The van der Waals surface area contributed by atoms with Crippen LogP contribution in [0.25, 0.3) is 0 Å². The van der Waals surface area contributed by atoms with Gasteiger partial charge in [-0.2, -0.15) is 0 Å². The van der Waals surface area contributed by atoms with Crippen LogP contribution in [-0.2, 0) is 4.79 Å². The first-order valence-corrected chi connectivity index (χ1v) is 7.19. The molecule has 0 aliphatic heterocycles. The van der Waals surface area contributed by atoms with E-state index >= 15 is 0 Å². The minimum atomic E-state index is -0.857. The Morgan fingerprint density at radius 3 is 2.61 bits per heavy atom. The second-order valence-corrected chi connectivity index (χ2v) is 4.76. The first kappa shape index (κ1) is 16.7. The van der Waals surface area contributed by atoms with Gasteiger partial charge in [0.1, 0.15) is 11.6 Å². The molecule has 0 saturated carbocycles. The molecule has 0 heterocycles. The number of amides is 1. The van der Waals surface area contributed by atoms with E-state index in [1.54, 1.807) is 24.3 Å². The molecule has 6 heteroatoms. The maximum Gasteiger partial charge on any atom is 0.262 e. The molecule has 0 fully saturated rings. The summed E-state index contributed by atoms with van der Waals surface area (Å²) in [7, 11) is 0. The number of nitrogens with one attached hydrogen (secondary N) is 1. The van der Waals surface area contributed by atoms with E-state index in [-0.39, 0.29) is 5.75 Å². The Balaban J connectivity index is 1.94. The fraction of sp³-hybridized carbons (Fsp3) is 0.235. The van der Waals surface area contributed by atoms with Crippen LogP contribution in [0, 0.1) is 11.6 Å². The normalized spacial score (nSPS) is 10.2. The molecule has 2 aromatic carbocycles. The van der Waals surface area contributed by atoms with E-state index in [0.29, 0.717) is 24.1 Å². The first-order valence-electron chi connectivity index (χ1n) is 7.19. The summed E-state index contributed by atoms with van der Waals surface area (Å²) < 4.78 is 36.8. The third kappa shape index (κ3) is 4.95. The van der Waals surface area contributed by atoms with Gasteiger partial charge in [0.2, 0.25) is 0 Å². The first-order chi connectivity index (χ1) is 11.1. The van der Waals surface area contributed by atoms with Gasteiger partial charge < -0.3 is 14.8 Å². The van der Waals surface area contributed by atoms with Crippen molar-refractivity contribution in [1.29, 1.82) is 0 Å². The molecular formula is C17H17F2NO3. The number of carbonyl (C=O) groups excluding carboxylic acids is 1. The quantitative estimate of drug-likeness (QED) is 0.844. The highest BCUT2D eigenvalue weighted by atomic mass is 19.1. The topological polar surface area (TPSA) is 47.6 Å². The van der Waals surface area contributed by atoms with Crippen molar-refractivity contribution in [2.75, 3.05) is 18.5 Å². The molecule has 0 aliphatic rings. The molecule has 0 unspecified atom stereocenters. The molecule has 1 amide bonds. The second-order valence-electron chi connectivity index (χ2n) is 4.76.